The Hall–Kier alpha value is -0.980. The van der Waals surface area contributed by atoms with Crippen molar-refractivity contribution in [1.82, 2.24) is 15.5 Å². The highest BCUT2D eigenvalue weighted by Gasteiger charge is 2.22. The van der Waals surface area contributed by atoms with E-state index in [9.17, 15) is 0 Å². The van der Waals surface area contributed by atoms with Crippen LogP contribution in [-0.4, -0.2) is 42.6 Å². The summed E-state index contributed by atoms with van der Waals surface area (Å²) in [6.45, 7) is 6.75. The summed E-state index contributed by atoms with van der Waals surface area (Å²) in [7, 11) is 0. The van der Waals surface area contributed by atoms with Crippen LogP contribution in [0.25, 0.3) is 0 Å². The van der Waals surface area contributed by atoms with Gasteiger partial charge in [-0.05, 0) is 0 Å². The van der Waals surface area contributed by atoms with E-state index < -0.39 is 0 Å². The van der Waals surface area contributed by atoms with Crippen LogP contribution in [-0.2, 0) is 15.9 Å². The standard InChI is InChI=1S/C11H19N3O3/c1-8(2)12-4-3-10-13-14-11(17-10)9-7-15-5-6-16-9/h8-9,12H,3-7H2,1-2H3. The zero-order valence-corrected chi connectivity index (χ0v) is 10.3. The summed E-state index contributed by atoms with van der Waals surface area (Å²) in [5, 5.41) is 11.3. The van der Waals surface area contributed by atoms with E-state index in [-0.39, 0.29) is 6.10 Å². The first-order valence-corrected chi connectivity index (χ1v) is 6.00. The minimum absolute atomic E-state index is 0.206. The number of hydrogen-bond donors (Lipinski definition) is 1. The molecule has 1 fully saturated rings. The molecule has 6 nitrogen and oxygen atoms in total. The van der Waals surface area contributed by atoms with Gasteiger partial charge in [0.25, 0.3) is 0 Å². The second-order valence-electron chi connectivity index (χ2n) is 4.33. The maximum Gasteiger partial charge on any atom is 0.247 e. The molecule has 2 heterocycles. The quantitative estimate of drug-likeness (QED) is 0.818. The van der Waals surface area contributed by atoms with E-state index in [1.807, 2.05) is 0 Å². The van der Waals surface area contributed by atoms with Crippen molar-refractivity contribution in [2.45, 2.75) is 32.4 Å². The molecule has 0 spiro atoms. The Morgan fingerprint density at radius 1 is 1.35 bits per heavy atom. The molecule has 1 N–H and O–H groups in total. The predicted molar refractivity (Wildman–Crippen MR) is 60.7 cm³/mol. The first-order valence-electron chi connectivity index (χ1n) is 6.00. The van der Waals surface area contributed by atoms with Gasteiger partial charge in [-0.3, -0.25) is 0 Å². The molecule has 6 heteroatoms. The Morgan fingerprint density at radius 2 is 2.24 bits per heavy atom. The monoisotopic (exact) mass is 241 g/mol. The van der Waals surface area contributed by atoms with Crippen molar-refractivity contribution in [3.05, 3.63) is 11.8 Å². The van der Waals surface area contributed by atoms with E-state index in [4.69, 9.17) is 13.9 Å². The molecule has 0 aliphatic carbocycles. The smallest absolute Gasteiger partial charge is 0.247 e. The summed E-state index contributed by atoms with van der Waals surface area (Å²) in [5.74, 6) is 1.16. The first kappa shape index (κ1) is 12.5. The van der Waals surface area contributed by atoms with Crippen molar-refractivity contribution >= 4 is 0 Å². The molecule has 0 aromatic carbocycles. The summed E-state index contributed by atoms with van der Waals surface area (Å²) >= 11 is 0. The lowest BCUT2D eigenvalue weighted by Crippen LogP contribution is -2.25. The fraction of sp³-hybridized carbons (Fsp3) is 0.818. The fourth-order valence-corrected chi connectivity index (χ4v) is 1.60. The molecule has 0 bridgehead atoms. The van der Waals surface area contributed by atoms with Gasteiger partial charge in [-0.25, -0.2) is 0 Å². The molecule has 17 heavy (non-hydrogen) atoms. The second kappa shape index (κ2) is 6.09. The lowest BCUT2D eigenvalue weighted by Gasteiger charge is -2.19. The molecule has 1 unspecified atom stereocenters. The summed E-state index contributed by atoms with van der Waals surface area (Å²) in [6, 6.07) is 0.465. The number of aromatic nitrogens is 2. The predicted octanol–water partition coefficient (Wildman–Crippen LogP) is 0.698. The van der Waals surface area contributed by atoms with Crippen LogP contribution in [0.3, 0.4) is 0 Å². The van der Waals surface area contributed by atoms with E-state index in [1.165, 1.54) is 0 Å². The van der Waals surface area contributed by atoms with Crippen LogP contribution in [0.4, 0.5) is 0 Å². The van der Waals surface area contributed by atoms with Crippen molar-refractivity contribution < 1.29 is 13.9 Å². The minimum atomic E-state index is -0.206. The van der Waals surface area contributed by atoms with E-state index in [0.717, 1.165) is 13.0 Å². The van der Waals surface area contributed by atoms with E-state index >= 15 is 0 Å². The van der Waals surface area contributed by atoms with Crippen LogP contribution in [0.5, 0.6) is 0 Å². The number of hydrogen-bond acceptors (Lipinski definition) is 6. The molecule has 2 rings (SSSR count). The summed E-state index contributed by atoms with van der Waals surface area (Å²) in [5.41, 5.74) is 0. The third-order valence-electron chi connectivity index (χ3n) is 2.47. The van der Waals surface area contributed by atoms with Gasteiger partial charge in [0.05, 0.1) is 19.8 Å². The lowest BCUT2D eigenvalue weighted by molar-refractivity contribution is -0.0998. The van der Waals surface area contributed by atoms with E-state index in [0.29, 0.717) is 37.6 Å². The molecular weight excluding hydrogens is 222 g/mol. The molecule has 96 valence electrons. The SMILES string of the molecule is CC(C)NCCc1nnc(C2COCCO2)o1. The van der Waals surface area contributed by atoms with Crippen molar-refractivity contribution in [1.29, 1.82) is 0 Å². The highest BCUT2D eigenvalue weighted by molar-refractivity contribution is 4.88. The molecule has 1 saturated heterocycles. The Kier molecular flexibility index (Phi) is 4.47. The van der Waals surface area contributed by atoms with Gasteiger partial charge in [-0.1, -0.05) is 13.8 Å². The molecule has 0 amide bonds. The lowest BCUT2D eigenvalue weighted by atomic mass is 10.3. The van der Waals surface area contributed by atoms with Gasteiger partial charge in [0.1, 0.15) is 0 Å². The highest BCUT2D eigenvalue weighted by Crippen LogP contribution is 2.19. The largest absolute Gasteiger partial charge is 0.422 e. The Labute approximate surface area is 101 Å². The fourth-order valence-electron chi connectivity index (χ4n) is 1.60. The maximum atomic E-state index is 5.54. The average molecular weight is 241 g/mol. The van der Waals surface area contributed by atoms with Crippen molar-refractivity contribution in [2.75, 3.05) is 26.4 Å². The Morgan fingerprint density at radius 3 is 2.94 bits per heavy atom. The number of nitrogens with zero attached hydrogens (tertiary/aromatic N) is 2. The molecule has 1 aliphatic heterocycles. The van der Waals surface area contributed by atoms with Crippen molar-refractivity contribution in [2.24, 2.45) is 0 Å². The topological polar surface area (TPSA) is 69.4 Å². The molecule has 0 saturated carbocycles. The molecular formula is C11H19N3O3. The van der Waals surface area contributed by atoms with Crippen LogP contribution in [0, 0.1) is 0 Å². The van der Waals surface area contributed by atoms with Crippen molar-refractivity contribution in [3.8, 4) is 0 Å². The van der Waals surface area contributed by atoms with E-state index in [1.54, 1.807) is 0 Å². The minimum Gasteiger partial charge on any atom is -0.422 e. The zero-order valence-electron chi connectivity index (χ0n) is 10.3. The third-order valence-corrected chi connectivity index (χ3v) is 2.47. The Bertz CT molecular complexity index is 334. The Balaban J connectivity index is 1.82. The highest BCUT2D eigenvalue weighted by atomic mass is 16.6. The van der Waals surface area contributed by atoms with Gasteiger partial charge in [0.2, 0.25) is 11.8 Å². The van der Waals surface area contributed by atoms with E-state index in [2.05, 4.69) is 29.4 Å². The van der Waals surface area contributed by atoms with Gasteiger partial charge >= 0.3 is 0 Å². The maximum absolute atomic E-state index is 5.54. The molecule has 1 aromatic heterocycles. The van der Waals surface area contributed by atoms with Crippen LogP contribution < -0.4 is 5.32 Å². The first-order chi connectivity index (χ1) is 8.25. The van der Waals surface area contributed by atoms with Crippen molar-refractivity contribution in [3.63, 3.8) is 0 Å². The van der Waals surface area contributed by atoms with Crippen LogP contribution in [0.2, 0.25) is 0 Å². The summed E-state index contributed by atoms with van der Waals surface area (Å²) in [6.07, 6.45) is 0.529. The third kappa shape index (κ3) is 3.76. The van der Waals surface area contributed by atoms with Crippen LogP contribution in [0.15, 0.2) is 4.42 Å². The van der Waals surface area contributed by atoms with Gasteiger partial charge in [0, 0.05) is 19.0 Å². The molecule has 1 atom stereocenters. The number of nitrogens with one attached hydrogen (secondary N) is 1. The van der Waals surface area contributed by atoms with Crippen LogP contribution in [0.1, 0.15) is 31.7 Å². The normalized spacial score (nSPS) is 21.0. The van der Waals surface area contributed by atoms with Gasteiger partial charge in [-0.15, -0.1) is 10.2 Å². The molecule has 0 radical (unpaired) electrons. The average Bonchev–Trinajstić information content (AvgIpc) is 2.78. The second-order valence-corrected chi connectivity index (χ2v) is 4.33. The summed E-state index contributed by atoms with van der Waals surface area (Å²) < 4.78 is 16.3. The van der Waals surface area contributed by atoms with Gasteiger partial charge in [0.15, 0.2) is 6.10 Å². The number of ether oxygens (including phenoxy) is 2. The number of rotatable bonds is 5. The van der Waals surface area contributed by atoms with Crippen LogP contribution >= 0.6 is 0 Å². The summed E-state index contributed by atoms with van der Waals surface area (Å²) in [4.78, 5) is 0. The van der Waals surface area contributed by atoms with Gasteiger partial charge < -0.3 is 19.2 Å². The van der Waals surface area contributed by atoms with Gasteiger partial charge in [-0.2, -0.15) is 0 Å². The zero-order chi connectivity index (χ0) is 12.1. The molecule has 1 aromatic rings. The molecule has 1 aliphatic rings.